The van der Waals surface area contributed by atoms with Gasteiger partial charge in [0.2, 0.25) is 16.9 Å². The number of aromatic nitrogens is 6. The Balaban J connectivity index is 0.786. The molecule has 4 atom stereocenters. The number of anilines is 3. The highest BCUT2D eigenvalue weighted by Gasteiger charge is 2.42. The highest BCUT2D eigenvalue weighted by molar-refractivity contribution is 7.18. The Morgan fingerprint density at radius 3 is 2.54 bits per heavy atom. The predicted octanol–water partition coefficient (Wildman–Crippen LogP) is 4.47. The van der Waals surface area contributed by atoms with Crippen LogP contribution in [0.15, 0.2) is 55.0 Å². The molecule has 3 unspecified atom stereocenters. The first kappa shape index (κ1) is 35.9. The molecular weight excluding hydrogens is 741 g/mol. The molecule has 0 aromatic carbocycles. The molecule has 5 aromatic rings. The number of nitriles is 1. The van der Waals surface area contributed by atoms with Crippen molar-refractivity contribution in [2.24, 2.45) is 5.92 Å². The number of nitrogens with one attached hydrogen (secondary N) is 2. The zero-order valence-electron chi connectivity index (χ0n) is 31.6. The maximum Gasteiger partial charge on any atom is 0.234 e. The third-order valence-corrected chi connectivity index (χ3v) is 13.5. The standard InChI is InChI=1S/C41H44N12O3S/c42-17-26-15-29-4-6-36(53(29)45-18-26)35-16-34(46-28-11-14-56-24-28)33(20-43-35)40-48-49-41(57-40)51-22-30-2-3-31(23-51)52(30)21-25-9-12-50(13-10-25)37-7-1-27(19-44-37)32-5-8-38(54)47-39(32)55/h1,4,6-7,15-16,18-20,25,28,30-32H,2-3,5,8-14,21-24H2,(H,43,46)(H,47,54,55)/t28-,30?,31?,32?/m1/s1. The number of piperidine rings is 2. The molecule has 2 bridgehead atoms. The van der Waals surface area contributed by atoms with Crippen molar-refractivity contribution in [3.05, 3.63) is 66.1 Å². The van der Waals surface area contributed by atoms with Crippen LogP contribution >= 0.6 is 11.3 Å². The van der Waals surface area contributed by atoms with E-state index in [0.717, 1.165) is 108 Å². The van der Waals surface area contributed by atoms with Crippen LogP contribution < -0.4 is 20.4 Å². The summed E-state index contributed by atoms with van der Waals surface area (Å²) < 4.78 is 7.51. The van der Waals surface area contributed by atoms with Crippen molar-refractivity contribution in [2.75, 3.05) is 61.1 Å². The van der Waals surface area contributed by atoms with Gasteiger partial charge in [-0.2, -0.15) is 10.4 Å². The van der Waals surface area contributed by atoms with E-state index < -0.39 is 0 Å². The van der Waals surface area contributed by atoms with Crippen LogP contribution in [0.25, 0.3) is 27.5 Å². The Hall–Kier alpha value is -5.50. The summed E-state index contributed by atoms with van der Waals surface area (Å²) in [4.78, 5) is 41.1. The maximum absolute atomic E-state index is 12.3. The summed E-state index contributed by atoms with van der Waals surface area (Å²) >= 11 is 1.63. The summed E-state index contributed by atoms with van der Waals surface area (Å²) in [5, 5.41) is 31.3. The Bertz CT molecular complexity index is 2330. The number of imide groups is 1. The second-order valence-electron chi connectivity index (χ2n) is 16.0. The van der Waals surface area contributed by atoms with Crippen LogP contribution in [0, 0.1) is 17.2 Å². The highest BCUT2D eigenvalue weighted by atomic mass is 32.1. The van der Waals surface area contributed by atoms with Crippen molar-refractivity contribution in [3.8, 4) is 28.0 Å². The molecule has 5 aliphatic rings. The van der Waals surface area contributed by atoms with Gasteiger partial charge < -0.3 is 19.9 Å². The van der Waals surface area contributed by atoms with Crippen LogP contribution in [0.2, 0.25) is 0 Å². The summed E-state index contributed by atoms with van der Waals surface area (Å²) in [5.41, 5.74) is 5.72. The number of carbonyl (C=O) groups excluding carboxylic acids is 2. The van der Waals surface area contributed by atoms with E-state index in [-0.39, 0.29) is 23.8 Å². The van der Waals surface area contributed by atoms with Gasteiger partial charge in [-0.15, -0.1) is 10.2 Å². The Morgan fingerprint density at radius 2 is 1.79 bits per heavy atom. The van der Waals surface area contributed by atoms with Gasteiger partial charge >= 0.3 is 0 Å². The van der Waals surface area contributed by atoms with Crippen LogP contribution in [0.3, 0.4) is 0 Å². The predicted molar refractivity (Wildman–Crippen MR) is 215 cm³/mol. The number of nitrogens with zero attached hydrogens (tertiary/aromatic N) is 10. The molecule has 5 saturated heterocycles. The fourth-order valence-corrected chi connectivity index (χ4v) is 10.2. The van der Waals surface area contributed by atoms with Crippen LogP contribution in [0.5, 0.6) is 0 Å². The molecular formula is C41H44N12O3S. The van der Waals surface area contributed by atoms with Crippen LogP contribution in [-0.2, 0) is 14.3 Å². The van der Waals surface area contributed by atoms with E-state index in [0.29, 0.717) is 43.0 Å². The minimum absolute atomic E-state index is 0.192. The van der Waals surface area contributed by atoms with E-state index in [9.17, 15) is 14.9 Å². The summed E-state index contributed by atoms with van der Waals surface area (Å²) in [5.74, 6) is 0.882. The normalized spacial score (nSPS) is 24.3. The fraction of sp³-hybridized carbons (Fsp3) is 0.463. The number of ether oxygens (including phenoxy) is 1. The molecule has 0 aliphatic carbocycles. The van der Waals surface area contributed by atoms with Crippen LogP contribution in [0.1, 0.15) is 62.0 Å². The van der Waals surface area contributed by atoms with Gasteiger partial charge in [-0.3, -0.25) is 24.8 Å². The largest absolute Gasteiger partial charge is 0.379 e. The average Bonchev–Trinajstić information content (AvgIpc) is 4.06. The number of fused-ring (bicyclic) bond motifs is 3. The topological polar surface area (TPSA) is 170 Å². The number of carbonyl (C=O) groups is 2. The van der Waals surface area contributed by atoms with Gasteiger partial charge in [0.15, 0.2) is 5.01 Å². The van der Waals surface area contributed by atoms with Gasteiger partial charge in [0, 0.05) is 75.9 Å². The molecule has 2 N–H and O–H groups in total. The lowest BCUT2D eigenvalue weighted by molar-refractivity contribution is -0.134. The van der Waals surface area contributed by atoms with Crippen molar-refractivity contribution in [1.29, 1.82) is 5.26 Å². The zero-order valence-corrected chi connectivity index (χ0v) is 32.4. The van der Waals surface area contributed by atoms with Crippen LogP contribution in [0.4, 0.5) is 16.6 Å². The Kier molecular flexibility index (Phi) is 9.51. The van der Waals surface area contributed by atoms with Gasteiger partial charge in [-0.25, -0.2) is 9.50 Å². The average molecular weight is 785 g/mol. The second-order valence-corrected chi connectivity index (χ2v) is 16.9. The van der Waals surface area contributed by atoms with Gasteiger partial charge in [-0.1, -0.05) is 17.4 Å². The summed E-state index contributed by atoms with van der Waals surface area (Å²) in [7, 11) is 0. The summed E-state index contributed by atoms with van der Waals surface area (Å²) in [6.07, 6.45) is 11.8. The number of piperazine rings is 1. The molecule has 15 nitrogen and oxygen atoms in total. The molecule has 5 fully saturated rings. The van der Waals surface area contributed by atoms with E-state index in [4.69, 9.17) is 24.9 Å². The van der Waals surface area contributed by atoms with Crippen molar-refractivity contribution in [1.82, 2.24) is 40.0 Å². The van der Waals surface area contributed by atoms with Gasteiger partial charge in [0.05, 0.1) is 52.8 Å². The quantitative estimate of drug-likeness (QED) is 0.201. The highest BCUT2D eigenvalue weighted by Crippen LogP contribution is 2.40. The number of pyridine rings is 2. The third kappa shape index (κ3) is 7.08. The van der Waals surface area contributed by atoms with E-state index in [2.05, 4.69) is 42.6 Å². The van der Waals surface area contributed by atoms with Crippen molar-refractivity contribution >= 4 is 45.3 Å². The minimum atomic E-state index is -0.306. The number of hydrogen-bond acceptors (Lipinski definition) is 14. The minimum Gasteiger partial charge on any atom is -0.379 e. The van der Waals surface area contributed by atoms with Crippen molar-refractivity contribution in [3.63, 3.8) is 0 Å². The molecule has 0 spiro atoms. The van der Waals surface area contributed by atoms with Crippen molar-refractivity contribution in [2.45, 2.75) is 69.0 Å². The summed E-state index contributed by atoms with van der Waals surface area (Å²) in [6.45, 7) is 6.37. The first-order valence-corrected chi connectivity index (χ1v) is 20.9. The van der Waals surface area contributed by atoms with E-state index in [1.807, 2.05) is 47.2 Å². The number of hydrogen-bond donors (Lipinski definition) is 2. The lowest BCUT2D eigenvalue weighted by Crippen LogP contribution is -2.55. The first-order chi connectivity index (χ1) is 28.0. The Labute approximate surface area is 334 Å². The molecule has 57 heavy (non-hydrogen) atoms. The van der Waals surface area contributed by atoms with Gasteiger partial charge in [-0.05, 0) is 80.3 Å². The summed E-state index contributed by atoms with van der Waals surface area (Å²) in [6, 6.07) is 15.2. The monoisotopic (exact) mass is 784 g/mol. The van der Waals surface area contributed by atoms with Crippen molar-refractivity contribution < 1.29 is 14.3 Å². The molecule has 5 aliphatic heterocycles. The fourth-order valence-electron chi connectivity index (χ4n) is 9.35. The SMILES string of the molecule is N#Cc1cnn2c(-c3cc(N[C@@H]4CCOC4)c(-c4nnc(N5CC6CCC(C5)N6CC5CCN(c6ccc(C7CCC(=O)NC7=O)cn6)CC5)s4)cn3)ccc2c1. The molecule has 0 radical (unpaired) electrons. The molecule has 2 amide bonds. The molecule has 10 heterocycles. The lowest BCUT2D eigenvalue weighted by atomic mass is 9.91. The van der Waals surface area contributed by atoms with Gasteiger partial charge in [0.25, 0.3) is 0 Å². The molecule has 10 rings (SSSR count). The second kappa shape index (κ2) is 15.1. The Morgan fingerprint density at radius 1 is 0.930 bits per heavy atom. The number of amides is 2. The smallest absolute Gasteiger partial charge is 0.234 e. The first-order valence-electron chi connectivity index (χ1n) is 20.1. The third-order valence-electron chi connectivity index (χ3n) is 12.5. The van der Waals surface area contributed by atoms with Gasteiger partial charge in [0.1, 0.15) is 11.9 Å². The molecule has 5 aromatic heterocycles. The molecule has 16 heteroatoms. The van der Waals surface area contributed by atoms with E-state index in [1.54, 1.807) is 17.5 Å². The zero-order chi connectivity index (χ0) is 38.5. The van der Waals surface area contributed by atoms with Crippen LogP contribution in [-0.4, -0.2) is 111 Å². The van der Waals surface area contributed by atoms with E-state index in [1.165, 1.54) is 12.8 Å². The number of rotatable bonds is 9. The molecule has 0 saturated carbocycles. The van der Waals surface area contributed by atoms with E-state index >= 15 is 0 Å². The maximum atomic E-state index is 12.3. The molecule has 292 valence electrons. The lowest BCUT2D eigenvalue weighted by Gasteiger charge is -2.43.